The van der Waals surface area contributed by atoms with Crippen LogP contribution in [0.15, 0.2) is 48.9 Å². The van der Waals surface area contributed by atoms with Crippen molar-refractivity contribution in [2.45, 2.75) is 13.0 Å². The summed E-state index contributed by atoms with van der Waals surface area (Å²) in [5.74, 6) is 0. The molecule has 0 atom stereocenters. The van der Waals surface area contributed by atoms with Gasteiger partial charge in [-0.25, -0.2) is 9.55 Å². The van der Waals surface area contributed by atoms with Crippen molar-refractivity contribution >= 4 is 17.2 Å². The Hall–Kier alpha value is -2.93. The fourth-order valence-corrected chi connectivity index (χ4v) is 2.94. The van der Waals surface area contributed by atoms with E-state index in [0.29, 0.717) is 18.1 Å². The zero-order chi connectivity index (χ0) is 17.4. The lowest BCUT2D eigenvalue weighted by Crippen LogP contribution is -2.36. The summed E-state index contributed by atoms with van der Waals surface area (Å²) in [5.41, 5.74) is 3.60. The van der Waals surface area contributed by atoms with Crippen molar-refractivity contribution in [3.05, 3.63) is 70.9 Å². The van der Waals surface area contributed by atoms with Gasteiger partial charge in [0.15, 0.2) is 0 Å². The quantitative estimate of drug-likeness (QED) is 0.406. The normalized spacial score (nSPS) is 11.3. The van der Waals surface area contributed by atoms with E-state index >= 15 is 0 Å². The highest BCUT2D eigenvalue weighted by molar-refractivity contribution is 6.29. The maximum Gasteiger partial charge on any atom is 0.265 e. The van der Waals surface area contributed by atoms with Crippen LogP contribution in [0, 0.1) is 0 Å². The molecule has 0 aromatic carbocycles. The SMILES string of the molecule is Cn1cc(C[n+]2c([O-])nn3c(Cc4ccc(Cl)nc4)cccc32)cn1. The largest absolute Gasteiger partial charge is 0.818 e. The number of fused-ring (bicyclic) bond motifs is 1. The number of pyridine rings is 2. The summed E-state index contributed by atoms with van der Waals surface area (Å²) in [6.45, 7) is 0.433. The molecule has 4 heterocycles. The van der Waals surface area contributed by atoms with Crippen molar-refractivity contribution in [1.29, 1.82) is 0 Å². The smallest absolute Gasteiger partial charge is 0.265 e. The van der Waals surface area contributed by atoms with Crippen LogP contribution in [0.2, 0.25) is 5.15 Å². The van der Waals surface area contributed by atoms with Crippen LogP contribution >= 0.6 is 11.6 Å². The average Bonchev–Trinajstić information content (AvgIpc) is 3.15. The van der Waals surface area contributed by atoms with E-state index in [1.807, 2.05) is 37.5 Å². The van der Waals surface area contributed by atoms with Crippen molar-refractivity contribution in [3.63, 3.8) is 0 Å². The van der Waals surface area contributed by atoms with Crippen LogP contribution in [0.3, 0.4) is 0 Å². The van der Waals surface area contributed by atoms with E-state index in [0.717, 1.165) is 22.5 Å². The second kappa shape index (κ2) is 6.18. The molecule has 25 heavy (non-hydrogen) atoms. The maximum absolute atomic E-state index is 12.4. The van der Waals surface area contributed by atoms with Crippen LogP contribution in [0.5, 0.6) is 6.01 Å². The Morgan fingerprint density at radius 2 is 2.04 bits per heavy atom. The van der Waals surface area contributed by atoms with Gasteiger partial charge in [0.05, 0.1) is 12.7 Å². The lowest BCUT2D eigenvalue weighted by molar-refractivity contribution is -0.707. The number of hydrogen-bond donors (Lipinski definition) is 0. The van der Waals surface area contributed by atoms with Gasteiger partial charge in [-0.1, -0.05) is 28.2 Å². The van der Waals surface area contributed by atoms with E-state index in [2.05, 4.69) is 15.2 Å². The summed E-state index contributed by atoms with van der Waals surface area (Å²) < 4.78 is 5.04. The summed E-state index contributed by atoms with van der Waals surface area (Å²) in [6, 6.07) is 9.14. The highest BCUT2D eigenvalue weighted by Gasteiger charge is 2.18. The molecule has 8 heteroatoms. The Morgan fingerprint density at radius 3 is 2.76 bits per heavy atom. The first-order chi connectivity index (χ1) is 12.1. The molecule has 0 amide bonds. The number of halogens is 1. The molecule has 0 aliphatic rings. The molecule has 0 bridgehead atoms. The third kappa shape index (κ3) is 3.06. The average molecular weight is 355 g/mol. The second-order valence-corrected chi connectivity index (χ2v) is 6.23. The second-order valence-electron chi connectivity index (χ2n) is 5.84. The maximum atomic E-state index is 12.4. The van der Waals surface area contributed by atoms with E-state index in [1.165, 1.54) is 0 Å². The van der Waals surface area contributed by atoms with Crippen molar-refractivity contribution < 1.29 is 9.67 Å². The van der Waals surface area contributed by atoms with Crippen LogP contribution in [0.1, 0.15) is 16.8 Å². The van der Waals surface area contributed by atoms with Crippen LogP contribution < -0.4 is 9.67 Å². The van der Waals surface area contributed by atoms with Crippen LogP contribution in [0.25, 0.3) is 5.65 Å². The molecule has 4 aromatic heterocycles. The molecule has 7 nitrogen and oxygen atoms in total. The van der Waals surface area contributed by atoms with E-state index in [9.17, 15) is 5.11 Å². The highest BCUT2D eigenvalue weighted by atomic mass is 35.5. The summed E-state index contributed by atoms with van der Waals surface area (Å²) in [6.07, 6.45) is 5.97. The minimum absolute atomic E-state index is 0.287. The molecular formula is C17H15ClN6O. The predicted octanol–water partition coefficient (Wildman–Crippen LogP) is 1.12. The topological polar surface area (TPSA) is 75.0 Å². The minimum atomic E-state index is -0.287. The van der Waals surface area contributed by atoms with Crippen molar-refractivity contribution in [2.75, 3.05) is 0 Å². The molecule has 4 rings (SSSR count). The first kappa shape index (κ1) is 15.6. The van der Waals surface area contributed by atoms with Crippen molar-refractivity contribution in [2.24, 2.45) is 7.05 Å². The molecule has 0 unspecified atom stereocenters. The summed E-state index contributed by atoms with van der Waals surface area (Å²) in [5, 5.41) is 21.2. The van der Waals surface area contributed by atoms with Gasteiger partial charge >= 0.3 is 0 Å². The Bertz CT molecular complexity index is 1040. The van der Waals surface area contributed by atoms with E-state index in [1.54, 1.807) is 32.2 Å². The summed E-state index contributed by atoms with van der Waals surface area (Å²) in [4.78, 5) is 4.10. The predicted molar refractivity (Wildman–Crippen MR) is 89.2 cm³/mol. The van der Waals surface area contributed by atoms with Gasteiger partial charge in [-0.15, -0.1) is 0 Å². The number of hydrogen-bond acceptors (Lipinski definition) is 4. The van der Waals surface area contributed by atoms with Crippen LogP contribution in [-0.4, -0.2) is 24.4 Å². The van der Waals surface area contributed by atoms with Crippen LogP contribution in [-0.2, 0) is 20.0 Å². The minimum Gasteiger partial charge on any atom is -0.818 e. The fourth-order valence-electron chi connectivity index (χ4n) is 2.83. The molecule has 0 fully saturated rings. The third-order valence-corrected chi connectivity index (χ3v) is 4.21. The first-order valence-corrected chi connectivity index (χ1v) is 8.13. The Kier molecular flexibility index (Phi) is 3.85. The van der Waals surface area contributed by atoms with Gasteiger partial charge in [0.2, 0.25) is 6.01 Å². The fraction of sp³-hybridized carbons (Fsp3) is 0.176. The Balaban J connectivity index is 1.72. The van der Waals surface area contributed by atoms with Gasteiger partial charge in [0.25, 0.3) is 5.65 Å². The summed E-state index contributed by atoms with van der Waals surface area (Å²) in [7, 11) is 1.85. The molecule has 0 spiro atoms. The van der Waals surface area contributed by atoms with E-state index in [-0.39, 0.29) is 6.01 Å². The Labute approximate surface area is 148 Å². The van der Waals surface area contributed by atoms with Crippen molar-refractivity contribution in [1.82, 2.24) is 24.4 Å². The van der Waals surface area contributed by atoms with Crippen molar-refractivity contribution in [3.8, 4) is 6.01 Å². The molecule has 0 saturated carbocycles. The van der Waals surface area contributed by atoms with Gasteiger partial charge in [0.1, 0.15) is 10.8 Å². The first-order valence-electron chi connectivity index (χ1n) is 7.75. The lowest BCUT2D eigenvalue weighted by atomic mass is 10.1. The zero-order valence-electron chi connectivity index (χ0n) is 13.5. The van der Waals surface area contributed by atoms with Gasteiger partial charge < -0.3 is 5.11 Å². The number of nitrogens with zero attached hydrogens (tertiary/aromatic N) is 6. The number of aromatic nitrogens is 6. The molecule has 0 radical (unpaired) electrons. The monoisotopic (exact) mass is 354 g/mol. The Morgan fingerprint density at radius 1 is 1.16 bits per heavy atom. The van der Waals surface area contributed by atoms with E-state index < -0.39 is 0 Å². The van der Waals surface area contributed by atoms with Gasteiger partial charge in [-0.3, -0.25) is 4.68 Å². The molecule has 126 valence electrons. The molecular weight excluding hydrogens is 340 g/mol. The standard InChI is InChI=1S/C17H15ClN6O/c1-22-10-13(9-20-22)11-23-16-4-2-3-14(24(16)21-17(23)25)7-12-5-6-15(18)19-8-12/h2-6,8-10H,7,11H2,1H3. The molecule has 0 aliphatic heterocycles. The van der Waals surface area contributed by atoms with E-state index in [4.69, 9.17) is 11.6 Å². The molecule has 0 N–H and O–H groups in total. The number of aryl methyl sites for hydroxylation is 1. The third-order valence-electron chi connectivity index (χ3n) is 3.99. The van der Waals surface area contributed by atoms with Gasteiger partial charge in [-0.2, -0.15) is 5.10 Å². The molecule has 0 aliphatic carbocycles. The van der Waals surface area contributed by atoms with Gasteiger partial charge in [-0.05, 0) is 17.7 Å². The summed E-state index contributed by atoms with van der Waals surface area (Å²) >= 11 is 5.83. The van der Waals surface area contributed by atoms with Crippen LogP contribution in [0.4, 0.5) is 0 Å². The zero-order valence-corrected chi connectivity index (χ0v) is 14.3. The molecule has 0 saturated heterocycles. The number of rotatable bonds is 4. The highest BCUT2D eigenvalue weighted by Crippen LogP contribution is 2.13. The molecule has 4 aromatic rings. The van der Waals surface area contributed by atoms with Gasteiger partial charge in [0, 0.05) is 42.6 Å². The lowest BCUT2D eigenvalue weighted by Gasteiger charge is -2.02.